The van der Waals surface area contributed by atoms with E-state index >= 15 is 0 Å². The first-order chi connectivity index (χ1) is 7.81. The third kappa shape index (κ3) is 2.62. The van der Waals surface area contributed by atoms with E-state index in [0.717, 1.165) is 19.6 Å². The summed E-state index contributed by atoms with van der Waals surface area (Å²) in [5.41, 5.74) is 1.36. The summed E-state index contributed by atoms with van der Waals surface area (Å²) < 4.78 is 6.99. The summed E-state index contributed by atoms with van der Waals surface area (Å²) in [6, 6.07) is 0.575. The molecule has 1 saturated heterocycles. The van der Waals surface area contributed by atoms with Crippen molar-refractivity contribution in [3.63, 3.8) is 0 Å². The summed E-state index contributed by atoms with van der Waals surface area (Å²) in [5, 5.41) is 4.26. The van der Waals surface area contributed by atoms with Crippen molar-refractivity contribution in [3.05, 3.63) is 18.0 Å². The number of hydrogen-bond acceptors (Lipinski definition) is 3. The number of likely N-dealkylation sites (tertiary alicyclic amines) is 1. The Balaban J connectivity index is 1.92. The fourth-order valence-corrected chi connectivity index (χ4v) is 2.50. The average Bonchev–Trinajstić information content (AvgIpc) is 2.87. The predicted octanol–water partition coefficient (Wildman–Crippen LogP) is 1.59. The van der Waals surface area contributed by atoms with E-state index in [1.54, 1.807) is 7.11 Å². The second-order valence-electron chi connectivity index (χ2n) is 4.49. The molecule has 0 N–H and O–H groups in total. The van der Waals surface area contributed by atoms with Crippen LogP contribution in [0.1, 0.15) is 30.9 Å². The average molecular weight is 223 g/mol. The van der Waals surface area contributed by atoms with Crippen LogP contribution in [0.4, 0.5) is 0 Å². The third-order valence-corrected chi connectivity index (χ3v) is 3.27. The van der Waals surface area contributed by atoms with Crippen LogP contribution in [0, 0.1) is 0 Å². The molecular weight excluding hydrogens is 202 g/mol. The smallest absolute Gasteiger partial charge is 0.0537 e. The molecule has 2 rings (SSSR count). The van der Waals surface area contributed by atoms with Gasteiger partial charge in [-0.25, -0.2) is 0 Å². The van der Waals surface area contributed by atoms with Crippen LogP contribution in [0.5, 0.6) is 0 Å². The lowest BCUT2D eigenvalue weighted by molar-refractivity contribution is 0.167. The van der Waals surface area contributed by atoms with Gasteiger partial charge in [-0.05, 0) is 25.8 Å². The maximum Gasteiger partial charge on any atom is 0.0537 e. The van der Waals surface area contributed by atoms with Crippen LogP contribution in [-0.2, 0) is 11.8 Å². The van der Waals surface area contributed by atoms with E-state index in [2.05, 4.69) is 16.2 Å². The van der Waals surface area contributed by atoms with Crippen LogP contribution in [0.3, 0.4) is 0 Å². The first-order valence-corrected chi connectivity index (χ1v) is 6.03. The predicted molar refractivity (Wildman–Crippen MR) is 63.2 cm³/mol. The minimum absolute atomic E-state index is 0.575. The molecule has 1 aromatic heterocycles. The molecule has 2 heterocycles. The van der Waals surface area contributed by atoms with Crippen molar-refractivity contribution in [1.29, 1.82) is 0 Å². The molecular formula is C12H21N3O. The molecule has 16 heavy (non-hydrogen) atoms. The molecule has 1 atom stereocenters. The topological polar surface area (TPSA) is 30.3 Å². The van der Waals surface area contributed by atoms with Gasteiger partial charge in [0.05, 0.1) is 6.20 Å². The van der Waals surface area contributed by atoms with E-state index in [1.165, 1.54) is 24.9 Å². The van der Waals surface area contributed by atoms with Gasteiger partial charge < -0.3 is 4.74 Å². The van der Waals surface area contributed by atoms with Crippen molar-refractivity contribution in [2.75, 3.05) is 26.8 Å². The lowest BCUT2D eigenvalue weighted by atomic mass is 10.1. The zero-order valence-electron chi connectivity index (χ0n) is 10.2. The van der Waals surface area contributed by atoms with Crippen LogP contribution in [0.15, 0.2) is 12.4 Å². The lowest BCUT2D eigenvalue weighted by Crippen LogP contribution is -2.25. The normalized spacial score (nSPS) is 21.8. The fraction of sp³-hybridized carbons (Fsp3) is 0.750. The Morgan fingerprint density at radius 2 is 2.44 bits per heavy atom. The largest absolute Gasteiger partial charge is 0.385 e. The molecule has 0 bridgehead atoms. The van der Waals surface area contributed by atoms with E-state index in [9.17, 15) is 0 Å². The Morgan fingerprint density at radius 3 is 3.12 bits per heavy atom. The number of nitrogens with zero attached hydrogens (tertiary/aromatic N) is 3. The summed E-state index contributed by atoms with van der Waals surface area (Å²) in [6.07, 6.45) is 7.82. The SMILES string of the molecule is COCCCN1CCCC1c1cnn(C)c1. The van der Waals surface area contributed by atoms with Gasteiger partial charge in [-0.2, -0.15) is 5.10 Å². The van der Waals surface area contributed by atoms with Gasteiger partial charge in [0.2, 0.25) is 0 Å². The second kappa shape index (κ2) is 5.46. The minimum Gasteiger partial charge on any atom is -0.385 e. The monoisotopic (exact) mass is 223 g/mol. The molecule has 0 spiro atoms. The van der Waals surface area contributed by atoms with Gasteiger partial charge in [0.25, 0.3) is 0 Å². The summed E-state index contributed by atoms with van der Waals surface area (Å²) >= 11 is 0. The van der Waals surface area contributed by atoms with Crippen molar-refractivity contribution < 1.29 is 4.74 Å². The molecule has 0 saturated carbocycles. The lowest BCUT2D eigenvalue weighted by Gasteiger charge is -2.23. The van der Waals surface area contributed by atoms with Crippen molar-refractivity contribution in [1.82, 2.24) is 14.7 Å². The zero-order valence-corrected chi connectivity index (χ0v) is 10.2. The zero-order chi connectivity index (χ0) is 11.4. The molecule has 0 aliphatic carbocycles. The quantitative estimate of drug-likeness (QED) is 0.710. The van der Waals surface area contributed by atoms with E-state index in [1.807, 2.05) is 17.9 Å². The molecule has 0 aromatic carbocycles. The van der Waals surface area contributed by atoms with Gasteiger partial charge in [-0.15, -0.1) is 0 Å². The standard InChI is InChI=1S/C12H21N3O/c1-14-10-11(9-13-14)12-5-3-6-15(12)7-4-8-16-2/h9-10,12H,3-8H2,1-2H3. The maximum atomic E-state index is 5.10. The highest BCUT2D eigenvalue weighted by Crippen LogP contribution is 2.31. The molecule has 1 aliphatic heterocycles. The van der Waals surface area contributed by atoms with E-state index in [4.69, 9.17) is 4.74 Å². The van der Waals surface area contributed by atoms with Gasteiger partial charge in [-0.1, -0.05) is 0 Å². The first-order valence-electron chi connectivity index (χ1n) is 6.03. The van der Waals surface area contributed by atoms with Gasteiger partial charge >= 0.3 is 0 Å². The highest BCUT2D eigenvalue weighted by atomic mass is 16.5. The van der Waals surface area contributed by atoms with Gasteiger partial charge in [0, 0.05) is 45.1 Å². The number of hydrogen-bond donors (Lipinski definition) is 0. The molecule has 4 nitrogen and oxygen atoms in total. The third-order valence-electron chi connectivity index (χ3n) is 3.27. The number of methoxy groups -OCH3 is 1. The molecule has 0 amide bonds. The highest BCUT2D eigenvalue weighted by Gasteiger charge is 2.26. The summed E-state index contributed by atoms with van der Waals surface area (Å²) in [5.74, 6) is 0. The number of rotatable bonds is 5. The van der Waals surface area contributed by atoms with Crippen LogP contribution in [0.25, 0.3) is 0 Å². The summed E-state index contributed by atoms with van der Waals surface area (Å²) in [7, 11) is 3.75. The molecule has 4 heteroatoms. The van der Waals surface area contributed by atoms with E-state index in [0.29, 0.717) is 6.04 Å². The van der Waals surface area contributed by atoms with Crippen molar-refractivity contribution >= 4 is 0 Å². The molecule has 1 aromatic rings. The van der Waals surface area contributed by atoms with Crippen molar-refractivity contribution in [3.8, 4) is 0 Å². The second-order valence-corrected chi connectivity index (χ2v) is 4.49. The Morgan fingerprint density at radius 1 is 1.56 bits per heavy atom. The maximum absolute atomic E-state index is 5.10. The van der Waals surface area contributed by atoms with E-state index < -0.39 is 0 Å². The van der Waals surface area contributed by atoms with Crippen molar-refractivity contribution in [2.24, 2.45) is 7.05 Å². The summed E-state index contributed by atoms with van der Waals surface area (Å²) in [4.78, 5) is 2.55. The fourth-order valence-electron chi connectivity index (χ4n) is 2.50. The Hall–Kier alpha value is -0.870. The summed E-state index contributed by atoms with van der Waals surface area (Å²) in [6.45, 7) is 3.20. The number of ether oxygens (including phenoxy) is 1. The highest BCUT2D eigenvalue weighted by molar-refractivity contribution is 5.12. The van der Waals surface area contributed by atoms with Crippen LogP contribution >= 0.6 is 0 Å². The van der Waals surface area contributed by atoms with Crippen molar-refractivity contribution in [2.45, 2.75) is 25.3 Å². The number of aryl methyl sites for hydroxylation is 1. The molecule has 1 unspecified atom stereocenters. The Labute approximate surface area is 97.2 Å². The Bertz CT molecular complexity index is 324. The van der Waals surface area contributed by atoms with Crippen LogP contribution < -0.4 is 0 Å². The molecule has 1 fully saturated rings. The Kier molecular flexibility index (Phi) is 3.96. The number of aromatic nitrogens is 2. The molecule has 90 valence electrons. The van der Waals surface area contributed by atoms with E-state index in [-0.39, 0.29) is 0 Å². The van der Waals surface area contributed by atoms with Crippen LogP contribution in [0.2, 0.25) is 0 Å². The molecule has 0 radical (unpaired) electrons. The van der Waals surface area contributed by atoms with Crippen LogP contribution in [-0.4, -0.2) is 41.5 Å². The van der Waals surface area contributed by atoms with Gasteiger partial charge in [-0.3, -0.25) is 9.58 Å². The minimum atomic E-state index is 0.575. The molecule has 1 aliphatic rings. The van der Waals surface area contributed by atoms with Gasteiger partial charge in [0.15, 0.2) is 0 Å². The van der Waals surface area contributed by atoms with Gasteiger partial charge in [0.1, 0.15) is 0 Å². The first kappa shape index (κ1) is 11.6.